The number of H-pyrrole nitrogens is 1. The lowest BCUT2D eigenvalue weighted by atomic mass is 10.3. The van der Waals surface area contributed by atoms with Crippen LogP contribution in [-0.2, 0) is 11.3 Å². The van der Waals surface area contributed by atoms with Gasteiger partial charge in [-0.05, 0) is 12.1 Å². The molecule has 0 radical (unpaired) electrons. The largest absolute Gasteiger partial charge is 0.377 e. The Labute approximate surface area is 90.7 Å². The number of hydrogen-bond acceptors (Lipinski definition) is 3. The van der Waals surface area contributed by atoms with E-state index in [9.17, 15) is 4.79 Å². The summed E-state index contributed by atoms with van der Waals surface area (Å²) < 4.78 is 5.46. The molecular weight excluding hydrogens is 208 g/mol. The SMILES string of the molecule is C[Si](C)(C)CCOCc1ccn[nH]c1=O. The zero-order valence-corrected chi connectivity index (χ0v) is 10.5. The molecule has 1 N–H and O–H groups in total. The molecule has 1 aromatic rings. The van der Waals surface area contributed by atoms with Gasteiger partial charge in [-0.25, -0.2) is 5.10 Å². The number of rotatable bonds is 5. The highest BCUT2D eigenvalue weighted by Gasteiger charge is 2.12. The Balaban J connectivity index is 2.33. The lowest BCUT2D eigenvalue weighted by molar-refractivity contribution is 0.132. The molecule has 0 aliphatic rings. The van der Waals surface area contributed by atoms with Gasteiger partial charge in [0.2, 0.25) is 0 Å². The van der Waals surface area contributed by atoms with E-state index in [-0.39, 0.29) is 5.56 Å². The summed E-state index contributed by atoms with van der Waals surface area (Å²) in [5, 5.41) is 6.01. The molecule has 0 bridgehead atoms. The highest BCUT2D eigenvalue weighted by atomic mass is 28.3. The standard InChI is InChI=1S/C10H18N2O2Si/c1-15(2,3)7-6-14-8-9-4-5-11-12-10(9)13/h4-5H,6-8H2,1-3H3,(H,12,13). The van der Waals surface area contributed by atoms with E-state index in [0.29, 0.717) is 12.2 Å². The number of ether oxygens (including phenoxy) is 1. The molecule has 1 rings (SSSR count). The third kappa shape index (κ3) is 4.90. The molecule has 4 nitrogen and oxygen atoms in total. The molecule has 84 valence electrons. The first kappa shape index (κ1) is 12.1. The molecule has 0 aliphatic carbocycles. The zero-order valence-electron chi connectivity index (χ0n) is 9.54. The number of aromatic nitrogens is 2. The summed E-state index contributed by atoms with van der Waals surface area (Å²) in [6, 6.07) is 2.81. The fraction of sp³-hybridized carbons (Fsp3) is 0.600. The minimum absolute atomic E-state index is 0.162. The molecule has 5 heteroatoms. The van der Waals surface area contributed by atoms with E-state index in [1.165, 1.54) is 0 Å². The highest BCUT2D eigenvalue weighted by molar-refractivity contribution is 6.76. The molecule has 0 aliphatic heterocycles. The Morgan fingerprint density at radius 3 is 2.80 bits per heavy atom. The summed E-state index contributed by atoms with van der Waals surface area (Å²) in [6.45, 7) is 8.01. The van der Waals surface area contributed by atoms with Gasteiger partial charge in [0.25, 0.3) is 5.56 Å². The predicted octanol–water partition coefficient (Wildman–Crippen LogP) is 1.62. The van der Waals surface area contributed by atoms with Crippen LogP contribution in [0, 0.1) is 0 Å². The number of hydrogen-bond donors (Lipinski definition) is 1. The van der Waals surface area contributed by atoms with Gasteiger partial charge < -0.3 is 4.74 Å². The predicted molar refractivity (Wildman–Crippen MR) is 62.7 cm³/mol. The Hall–Kier alpha value is -0.943. The van der Waals surface area contributed by atoms with Crippen LogP contribution < -0.4 is 5.56 Å². The Kier molecular flexibility index (Phi) is 4.23. The molecule has 0 fully saturated rings. The number of aromatic amines is 1. The minimum Gasteiger partial charge on any atom is -0.377 e. The maximum absolute atomic E-state index is 11.2. The van der Waals surface area contributed by atoms with Crippen molar-refractivity contribution in [2.24, 2.45) is 0 Å². The first-order chi connectivity index (χ1) is 6.99. The van der Waals surface area contributed by atoms with Gasteiger partial charge in [-0.15, -0.1) is 0 Å². The molecule has 0 amide bonds. The molecule has 0 saturated heterocycles. The van der Waals surface area contributed by atoms with E-state index in [1.54, 1.807) is 12.3 Å². The minimum atomic E-state index is -1.03. The van der Waals surface area contributed by atoms with Crippen LogP contribution in [0.15, 0.2) is 17.1 Å². The molecule has 1 heterocycles. The first-order valence-corrected chi connectivity index (χ1v) is 8.80. The summed E-state index contributed by atoms with van der Waals surface area (Å²) >= 11 is 0. The van der Waals surface area contributed by atoms with Crippen LogP contribution >= 0.6 is 0 Å². The van der Waals surface area contributed by atoms with Crippen LogP contribution in [0.3, 0.4) is 0 Å². The average Bonchev–Trinajstić information content (AvgIpc) is 2.13. The van der Waals surface area contributed by atoms with Crippen LogP contribution in [0.2, 0.25) is 25.7 Å². The molecular formula is C10H18N2O2Si. The first-order valence-electron chi connectivity index (χ1n) is 5.09. The fourth-order valence-electron chi connectivity index (χ4n) is 1.04. The summed E-state index contributed by atoms with van der Waals surface area (Å²) in [7, 11) is -1.03. The fourth-order valence-corrected chi connectivity index (χ4v) is 1.80. The molecule has 0 saturated carbocycles. The maximum Gasteiger partial charge on any atom is 0.269 e. The van der Waals surface area contributed by atoms with Gasteiger partial charge in [0.15, 0.2) is 0 Å². The lowest BCUT2D eigenvalue weighted by Gasteiger charge is -2.15. The van der Waals surface area contributed by atoms with Crippen molar-refractivity contribution in [2.45, 2.75) is 32.3 Å². The van der Waals surface area contributed by atoms with Crippen LogP contribution in [-0.4, -0.2) is 24.9 Å². The summed E-state index contributed by atoms with van der Waals surface area (Å²) in [5.74, 6) is 0. The summed E-state index contributed by atoms with van der Waals surface area (Å²) in [5.41, 5.74) is 0.478. The van der Waals surface area contributed by atoms with Crippen molar-refractivity contribution >= 4 is 8.07 Å². The van der Waals surface area contributed by atoms with Gasteiger partial charge in [-0.3, -0.25) is 4.79 Å². The summed E-state index contributed by atoms with van der Waals surface area (Å²) in [4.78, 5) is 11.2. The van der Waals surface area contributed by atoms with E-state index in [4.69, 9.17) is 4.74 Å². The normalized spacial score (nSPS) is 11.7. The molecule has 1 aromatic heterocycles. The van der Waals surface area contributed by atoms with Crippen LogP contribution in [0.5, 0.6) is 0 Å². The highest BCUT2D eigenvalue weighted by Crippen LogP contribution is 2.08. The maximum atomic E-state index is 11.2. The van der Waals surface area contributed by atoms with Crippen molar-refractivity contribution in [3.05, 3.63) is 28.2 Å². The molecule has 0 spiro atoms. The second-order valence-electron chi connectivity index (χ2n) is 4.77. The van der Waals surface area contributed by atoms with Crippen LogP contribution in [0.4, 0.5) is 0 Å². The molecule has 0 aromatic carbocycles. The average molecular weight is 226 g/mol. The monoisotopic (exact) mass is 226 g/mol. The van der Waals surface area contributed by atoms with Gasteiger partial charge in [0.05, 0.1) is 6.61 Å². The van der Waals surface area contributed by atoms with Crippen LogP contribution in [0.25, 0.3) is 0 Å². The van der Waals surface area contributed by atoms with E-state index in [2.05, 4.69) is 29.8 Å². The summed E-state index contributed by atoms with van der Waals surface area (Å²) in [6.07, 6.45) is 1.57. The van der Waals surface area contributed by atoms with Crippen molar-refractivity contribution in [1.29, 1.82) is 0 Å². The number of nitrogens with one attached hydrogen (secondary N) is 1. The van der Waals surface area contributed by atoms with Crippen molar-refractivity contribution in [3.63, 3.8) is 0 Å². The van der Waals surface area contributed by atoms with Crippen molar-refractivity contribution in [3.8, 4) is 0 Å². The topological polar surface area (TPSA) is 55.0 Å². The quantitative estimate of drug-likeness (QED) is 0.613. The molecule has 0 unspecified atom stereocenters. The second kappa shape index (κ2) is 5.23. The third-order valence-corrected chi connectivity index (χ3v) is 3.77. The van der Waals surface area contributed by atoms with Gasteiger partial charge in [-0.1, -0.05) is 19.6 Å². The smallest absolute Gasteiger partial charge is 0.269 e. The van der Waals surface area contributed by atoms with E-state index in [1.807, 2.05) is 0 Å². The van der Waals surface area contributed by atoms with E-state index in [0.717, 1.165) is 12.7 Å². The Morgan fingerprint density at radius 2 is 2.20 bits per heavy atom. The van der Waals surface area contributed by atoms with Crippen LogP contribution in [0.1, 0.15) is 5.56 Å². The van der Waals surface area contributed by atoms with Crippen molar-refractivity contribution in [2.75, 3.05) is 6.61 Å². The Bertz CT molecular complexity index is 357. The van der Waals surface area contributed by atoms with E-state index >= 15 is 0 Å². The van der Waals surface area contributed by atoms with Gasteiger partial charge in [-0.2, -0.15) is 5.10 Å². The second-order valence-corrected chi connectivity index (χ2v) is 10.4. The van der Waals surface area contributed by atoms with Gasteiger partial charge in [0.1, 0.15) is 0 Å². The molecule has 15 heavy (non-hydrogen) atoms. The Morgan fingerprint density at radius 1 is 1.47 bits per heavy atom. The van der Waals surface area contributed by atoms with Crippen molar-refractivity contribution in [1.82, 2.24) is 10.2 Å². The number of nitrogens with zero attached hydrogens (tertiary/aromatic N) is 1. The lowest BCUT2D eigenvalue weighted by Crippen LogP contribution is -2.22. The van der Waals surface area contributed by atoms with Gasteiger partial charge >= 0.3 is 0 Å². The third-order valence-electron chi connectivity index (χ3n) is 2.06. The van der Waals surface area contributed by atoms with E-state index < -0.39 is 8.07 Å². The zero-order chi connectivity index (χ0) is 11.3. The molecule has 0 atom stereocenters. The van der Waals surface area contributed by atoms with Crippen molar-refractivity contribution < 1.29 is 4.74 Å². The van der Waals surface area contributed by atoms with Gasteiger partial charge in [0, 0.05) is 26.4 Å².